The Morgan fingerprint density at radius 2 is 1.83 bits per heavy atom. The third-order valence-electron chi connectivity index (χ3n) is 3.36. The van der Waals surface area contributed by atoms with E-state index in [-0.39, 0.29) is 11.2 Å². The van der Waals surface area contributed by atoms with Crippen molar-refractivity contribution >= 4 is 17.7 Å². The van der Waals surface area contributed by atoms with E-state index in [0.717, 1.165) is 10.5 Å². The largest absolute Gasteiger partial charge is 0.375 e. The van der Waals surface area contributed by atoms with Crippen molar-refractivity contribution in [1.29, 1.82) is 0 Å². The molecule has 0 aliphatic heterocycles. The zero-order valence-electron chi connectivity index (χ0n) is 13.6. The number of hydrogen-bond acceptors (Lipinski definition) is 3. The van der Waals surface area contributed by atoms with Gasteiger partial charge in [-0.3, -0.25) is 4.79 Å². The summed E-state index contributed by atoms with van der Waals surface area (Å²) in [7, 11) is 0. The molecule has 0 unspecified atom stereocenters. The van der Waals surface area contributed by atoms with E-state index in [9.17, 15) is 4.79 Å². The van der Waals surface area contributed by atoms with E-state index >= 15 is 0 Å². The van der Waals surface area contributed by atoms with Gasteiger partial charge in [-0.25, -0.2) is 0 Å². The van der Waals surface area contributed by atoms with E-state index in [1.165, 1.54) is 5.56 Å². The Balaban J connectivity index is 1.63. The first-order valence-corrected chi connectivity index (χ1v) is 8.66. The Hall–Kier alpha value is -1.78. The summed E-state index contributed by atoms with van der Waals surface area (Å²) in [4.78, 5) is 13.2. The number of rotatable bonds is 8. The molecule has 4 heteroatoms. The number of carbonyl (C=O) groups excluding carboxylic acids is 1. The van der Waals surface area contributed by atoms with Gasteiger partial charge in [-0.05, 0) is 31.5 Å². The Kier molecular flexibility index (Phi) is 7.17. The molecule has 0 radical (unpaired) electrons. The molecule has 0 saturated heterocycles. The second-order valence-corrected chi connectivity index (χ2v) is 6.82. The third kappa shape index (κ3) is 6.47. The molecule has 2 aromatic rings. The lowest BCUT2D eigenvalue weighted by molar-refractivity contribution is -0.120. The first-order chi connectivity index (χ1) is 11.1. The highest BCUT2D eigenvalue weighted by Gasteiger charge is 2.13. The number of carbonyl (C=O) groups is 1. The average Bonchev–Trinajstić information content (AvgIpc) is 2.57. The van der Waals surface area contributed by atoms with Gasteiger partial charge in [0.25, 0.3) is 0 Å². The molecular weight excluding hydrogens is 306 g/mol. The van der Waals surface area contributed by atoms with Gasteiger partial charge in [0.2, 0.25) is 5.91 Å². The predicted octanol–water partition coefficient (Wildman–Crippen LogP) is 3.81. The lowest BCUT2D eigenvalue weighted by atomic mass is 10.2. The summed E-state index contributed by atoms with van der Waals surface area (Å²) in [5, 5.41) is 2.80. The summed E-state index contributed by atoms with van der Waals surface area (Å²) in [6.45, 7) is 5.60. The third-order valence-corrected chi connectivity index (χ3v) is 4.47. The van der Waals surface area contributed by atoms with Crippen LogP contribution >= 0.6 is 11.8 Å². The molecule has 1 N–H and O–H groups in total. The van der Waals surface area contributed by atoms with Gasteiger partial charge in [0.05, 0.1) is 18.5 Å². The van der Waals surface area contributed by atoms with Crippen LogP contribution in [0.4, 0.5) is 0 Å². The normalized spacial score (nSPS) is 11.9. The standard InChI is InChI=1S/C19H23NO2S/c1-15-8-10-18(11-9-15)23-16(2)19(21)20-12-13-22-14-17-6-4-3-5-7-17/h3-11,16H,12-14H2,1-2H3,(H,20,21)/t16-/m1/s1. The number of benzene rings is 2. The van der Waals surface area contributed by atoms with Crippen LogP contribution in [0.25, 0.3) is 0 Å². The van der Waals surface area contributed by atoms with Crippen molar-refractivity contribution in [2.24, 2.45) is 0 Å². The first kappa shape index (κ1) is 17.6. The van der Waals surface area contributed by atoms with Crippen LogP contribution in [0, 0.1) is 6.92 Å². The van der Waals surface area contributed by atoms with Crippen molar-refractivity contribution in [2.75, 3.05) is 13.2 Å². The van der Waals surface area contributed by atoms with E-state index in [0.29, 0.717) is 19.8 Å². The van der Waals surface area contributed by atoms with Crippen LogP contribution in [0.15, 0.2) is 59.5 Å². The molecule has 1 atom stereocenters. The molecular formula is C19H23NO2S. The minimum absolute atomic E-state index is 0.0406. The van der Waals surface area contributed by atoms with Crippen LogP contribution < -0.4 is 5.32 Å². The molecule has 0 fully saturated rings. The molecule has 0 aromatic heterocycles. The minimum atomic E-state index is -0.119. The number of hydrogen-bond donors (Lipinski definition) is 1. The van der Waals surface area contributed by atoms with E-state index in [4.69, 9.17) is 4.74 Å². The summed E-state index contributed by atoms with van der Waals surface area (Å²) in [6, 6.07) is 18.2. The molecule has 122 valence electrons. The molecule has 0 bridgehead atoms. The van der Waals surface area contributed by atoms with Crippen LogP contribution in [0.5, 0.6) is 0 Å². The maximum absolute atomic E-state index is 12.1. The molecule has 0 saturated carbocycles. The molecule has 23 heavy (non-hydrogen) atoms. The Morgan fingerprint density at radius 3 is 2.52 bits per heavy atom. The first-order valence-electron chi connectivity index (χ1n) is 7.78. The van der Waals surface area contributed by atoms with Crippen molar-refractivity contribution in [3.8, 4) is 0 Å². The Morgan fingerprint density at radius 1 is 1.13 bits per heavy atom. The van der Waals surface area contributed by atoms with Crippen molar-refractivity contribution in [3.05, 3.63) is 65.7 Å². The molecule has 3 nitrogen and oxygen atoms in total. The summed E-state index contributed by atoms with van der Waals surface area (Å²) >= 11 is 1.57. The monoisotopic (exact) mass is 329 g/mol. The average molecular weight is 329 g/mol. The fourth-order valence-corrected chi connectivity index (χ4v) is 2.92. The zero-order chi connectivity index (χ0) is 16.5. The van der Waals surface area contributed by atoms with Gasteiger partial charge < -0.3 is 10.1 Å². The van der Waals surface area contributed by atoms with Crippen molar-refractivity contribution in [1.82, 2.24) is 5.32 Å². The molecule has 0 spiro atoms. The number of amides is 1. The summed E-state index contributed by atoms with van der Waals surface area (Å²) in [5.41, 5.74) is 2.36. The lowest BCUT2D eigenvalue weighted by Gasteiger charge is -2.12. The summed E-state index contributed by atoms with van der Waals surface area (Å²) in [6.07, 6.45) is 0. The molecule has 0 heterocycles. The highest BCUT2D eigenvalue weighted by molar-refractivity contribution is 8.00. The van der Waals surface area contributed by atoms with Gasteiger partial charge >= 0.3 is 0 Å². The van der Waals surface area contributed by atoms with Crippen LogP contribution in [0.3, 0.4) is 0 Å². The van der Waals surface area contributed by atoms with E-state index in [1.54, 1.807) is 11.8 Å². The SMILES string of the molecule is Cc1ccc(S[C@H](C)C(=O)NCCOCc2ccccc2)cc1. The minimum Gasteiger partial charge on any atom is -0.375 e. The number of aryl methyl sites for hydroxylation is 1. The Labute approximate surface area is 142 Å². The topological polar surface area (TPSA) is 38.3 Å². The fourth-order valence-electron chi connectivity index (χ4n) is 2.03. The van der Waals surface area contributed by atoms with Crippen molar-refractivity contribution < 1.29 is 9.53 Å². The number of ether oxygens (including phenoxy) is 1. The van der Waals surface area contributed by atoms with Crippen LogP contribution in [-0.2, 0) is 16.1 Å². The van der Waals surface area contributed by atoms with Gasteiger partial charge in [0, 0.05) is 11.4 Å². The Bertz CT molecular complexity index is 599. The van der Waals surface area contributed by atoms with Gasteiger partial charge in [0.15, 0.2) is 0 Å². The fraction of sp³-hybridized carbons (Fsp3) is 0.316. The van der Waals surface area contributed by atoms with E-state index < -0.39 is 0 Å². The summed E-state index contributed by atoms with van der Waals surface area (Å²) in [5.74, 6) is 0.0406. The quantitative estimate of drug-likeness (QED) is 0.591. The van der Waals surface area contributed by atoms with Gasteiger partial charge in [-0.2, -0.15) is 0 Å². The lowest BCUT2D eigenvalue weighted by Crippen LogP contribution is -2.33. The maximum Gasteiger partial charge on any atom is 0.233 e. The highest BCUT2D eigenvalue weighted by atomic mass is 32.2. The molecule has 1 amide bonds. The van der Waals surface area contributed by atoms with Gasteiger partial charge in [-0.1, -0.05) is 48.0 Å². The molecule has 2 aromatic carbocycles. The molecule has 0 aliphatic rings. The predicted molar refractivity (Wildman–Crippen MR) is 95.6 cm³/mol. The highest BCUT2D eigenvalue weighted by Crippen LogP contribution is 2.23. The number of thioether (sulfide) groups is 1. The van der Waals surface area contributed by atoms with E-state index in [1.807, 2.05) is 49.4 Å². The van der Waals surface area contributed by atoms with E-state index in [2.05, 4.69) is 24.4 Å². The molecule has 0 aliphatic carbocycles. The van der Waals surface area contributed by atoms with Crippen LogP contribution in [0.2, 0.25) is 0 Å². The smallest absolute Gasteiger partial charge is 0.233 e. The van der Waals surface area contributed by atoms with Crippen molar-refractivity contribution in [3.63, 3.8) is 0 Å². The zero-order valence-corrected chi connectivity index (χ0v) is 14.4. The van der Waals surface area contributed by atoms with Gasteiger partial charge in [-0.15, -0.1) is 11.8 Å². The van der Waals surface area contributed by atoms with Gasteiger partial charge in [0.1, 0.15) is 0 Å². The van der Waals surface area contributed by atoms with Crippen LogP contribution in [-0.4, -0.2) is 24.3 Å². The maximum atomic E-state index is 12.1. The molecule has 2 rings (SSSR count). The van der Waals surface area contributed by atoms with Crippen LogP contribution in [0.1, 0.15) is 18.1 Å². The number of nitrogens with one attached hydrogen (secondary N) is 1. The van der Waals surface area contributed by atoms with Crippen molar-refractivity contribution in [2.45, 2.75) is 30.6 Å². The summed E-state index contributed by atoms with van der Waals surface area (Å²) < 4.78 is 5.56. The second-order valence-electron chi connectivity index (χ2n) is 5.40. The second kappa shape index (κ2) is 9.38.